The quantitative estimate of drug-likeness (QED) is 0.848. The van der Waals surface area contributed by atoms with Crippen molar-refractivity contribution in [3.05, 3.63) is 35.9 Å². The Morgan fingerprint density at radius 3 is 2.47 bits per heavy atom. The van der Waals surface area contributed by atoms with E-state index in [0.717, 1.165) is 12.1 Å². The summed E-state index contributed by atoms with van der Waals surface area (Å²) in [7, 11) is 1.90. The van der Waals surface area contributed by atoms with Gasteiger partial charge in [0.15, 0.2) is 0 Å². The molecule has 92 valence electrons. The summed E-state index contributed by atoms with van der Waals surface area (Å²) in [5.41, 5.74) is -0.0835. The van der Waals surface area contributed by atoms with Crippen LogP contribution in [0.2, 0.25) is 0 Å². The molecule has 0 aliphatic heterocycles. The van der Waals surface area contributed by atoms with Crippen molar-refractivity contribution in [3.8, 4) is 0 Å². The highest BCUT2D eigenvalue weighted by Gasteiger charge is 2.41. The fourth-order valence-corrected chi connectivity index (χ4v) is 2.14. The van der Waals surface area contributed by atoms with Crippen LogP contribution in [-0.4, -0.2) is 29.6 Å². The van der Waals surface area contributed by atoms with Crippen molar-refractivity contribution >= 4 is 5.97 Å². The van der Waals surface area contributed by atoms with Gasteiger partial charge in [-0.1, -0.05) is 30.3 Å². The van der Waals surface area contributed by atoms with Crippen molar-refractivity contribution in [2.24, 2.45) is 5.92 Å². The number of nitrogens with zero attached hydrogens (tertiary/aromatic N) is 1. The van der Waals surface area contributed by atoms with Gasteiger partial charge in [-0.15, -0.1) is 0 Å². The summed E-state index contributed by atoms with van der Waals surface area (Å²) >= 11 is 0. The van der Waals surface area contributed by atoms with Gasteiger partial charge in [0, 0.05) is 6.54 Å². The van der Waals surface area contributed by atoms with Crippen molar-refractivity contribution < 1.29 is 9.90 Å². The van der Waals surface area contributed by atoms with E-state index in [1.165, 1.54) is 12.8 Å². The molecule has 0 radical (unpaired) electrons. The minimum Gasteiger partial charge on any atom is -0.480 e. The Bertz CT molecular complexity index is 400. The van der Waals surface area contributed by atoms with Gasteiger partial charge in [0.2, 0.25) is 0 Å². The van der Waals surface area contributed by atoms with E-state index in [-0.39, 0.29) is 0 Å². The molecule has 1 saturated carbocycles. The van der Waals surface area contributed by atoms with E-state index in [1.807, 2.05) is 42.3 Å². The van der Waals surface area contributed by atoms with Crippen LogP contribution in [0.15, 0.2) is 30.3 Å². The number of benzene rings is 1. The van der Waals surface area contributed by atoms with Crippen molar-refractivity contribution in [2.45, 2.75) is 25.3 Å². The first-order valence-electron chi connectivity index (χ1n) is 6.05. The van der Waals surface area contributed by atoms with Gasteiger partial charge in [0.05, 0.1) is 0 Å². The molecule has 0 spiro atoms. The Balaban J connectivity index is 2.27. The van der Waals surface area contributed by atoms with Crippen LogP contribution in [0.3, 0.4) is 0 Å². The van der Waals surface area contributed by atoms with Crippen LogP contribution in [0.4, 0.5) is 0 Å². The average Bonchev–Trinajstić information content (AvgIpc) is 3.12. The molecule has 3 heteroatoms. The third-order valence-corrected chi connectivity index (χ3v) is 3.74. The van der Waals surface area contributed by atoms with Gasteiger partial charge in [-0.25, -0.2) is 4.79 Å². The van der Waals surface area contributed by atoms with E-state index >= 15 is 0 Å². The molecule has 1 aromatic rings. The van der Waals surface area contributed by atoms with Crippen LogP contribution >= 0.6 is 0 Å². The largest absolute Gasteiger partial charge is 0.480 e. The second kappa shape index (κ2) is 4.49. The van der Waals surface area contributed by atoms with Gasteiger partial charge in [-0.05, 0) is 38.3 Å². The first kappa shape index (κ1) is 12.1. The minimum absolute atomic E-state index is 0.683. The summed E-state index contributed by atoms with van der Waals surface area (Å²) in [5, 5.41) is 9.55. The lowest BCUT2D eigenvalue weighted by Gasteiger charge is -2.35. The van der Waals surface area contributed by atoms with Crippen LogP contribution in [-0.2, 0) is 10.3 Å². The Labute approximate surface area is 102 Å². The number of carboxylic acids is 1. The van der Waals surface area contributed by atoms with Crippen molar-refractivity contribution in [1.82, 2.24) is 4.90 Å². The predicted octanol–water partition coefficient (Wildman–Crippen LogP) is 2.33. The molecule has 1 fully saturated rings. The van der Waals surface area contributed by atoms with E-state index in [9.17, 15) is 9.90 Å². The number of carboxylic acid groups (broad SMARTS) is 1. The summed E-state index contributed by atoms with van der Waals surface area (Å²) in [6.45, 7) is 2.64. The normalized spacial score (nSPS) is 19.0. The first-order chi connectivity index (χ1) is 8.05. The van der Waals surface area contributed by atoms with Gasteiger partial charge in [-0.2, -0.15) is 0 Å². The fraction of sp³-hybridized carbons (Fsp3) is 0.500. The van der Waals surface area contributed by atoms with E-state index < -0.39 is 11.5 Å². The summed E-state index contributed by atoms with van der Waals surface area (Å²) in [5.74, 6) is -0.103. The molecule has 1 atom stereocenters. The molecule has 0 amide bonds. The summed E-state index contributed by atoms with van der Waals surface area (Å²) < 4.78 is 0. The first-order valence-corrected chi connectivity index (χ1v) is 6.05. The highest BCUT2D eigenvalue weighted by atomic mass is 16.4. The lowest BCUT2D eigenvalue weighted by atomic mass is 9.90. The maximum Gasteiger partial charge on any atom is 0.328 e. The molecule has 1 N–H and O–H groups in total. The summed E-state index contributed by atoms with van der Waals surface area (Å²) in [4.78, 5) is 13.6. The number of aliphatic carboxylic acids is 1. The number of hydrogen-bond donors (Lipinski definition) is 1. The smallest absolute Gasteiger partial charge is 0.328 e. The molecule has 1 aromatic carbocycles. The van der Waals surface area contributed by atoms with Gasteiger partial charge in [-0.3, -0.25) is 4.90 Å². The molecular weight excluding hydrogens is 214 g/mol. The molecule has 0 aromatic heterocycles. The molecule has 0 saturated heterocycles. The molecule has 2 rings (SSSR count). The van der Waals surface area contributed by atoms with Gasteiger partial charge in [0.25, 0.3) is 0 Å². The zero-order chi connectivity index (χ0) is 12.5. The van der Waals surface area contributed by atoms with Crippen LogP contribution in [0.25, 0.3) is 0 Å². The molecule has 1 aliphatic rings. The molecular formula is C14H19NO2. The van der Waals surface area contributed by atoms with Crippen LogP contribution in [0, 0.1) is 5.92 Å². The molecule has 1 unspecified atom stereocenters. The second-order valence-electron chi connectivity index (χ2n) is 5.07. The second-order valence-corrected chi connectivity index (χ2v) is 5.07. The zero-order valence-corrected chi connectivity index (χ0v) is 10.4. The topological polar surface area (TPSA) is 40.5 Å². The lowest BCUT2D eigenvalue weighted by Crippen LogP contribution is -2.48. The summed E-state index contributed by atoms with van der Waals surface area (Å²) in [6.07, 6.45) is 2.46. The third kappa shape index (κ3) is 2.34. The SMILES string of the molecule is CN(CC1CC1)C(C)(C(=O)O)c1ccccc1. The van der Waals surface area contributed by atoms with E-state index in [4.69, 9.17) is 0 Å². The van der Waals surface area contributed by atoms with Gasteiger partial charge < -0.3 is 5.11 Å². The lowest BCUT2D eigenvalue weighted by molar-refractivity contribution is -0.150. The van der Waals surface area contributed by atoms with Crippen molar-refractivity contribution in [1.29, 1.82) is 0 Å². The molecule has 0 bridgehead atoms. The van der Waals surface area contributed by atoms with Gasteiger partial charge >= 0.3 is 5.97 Å². The van der Waals surface area contributed by atoms with Crippen molar-refractivity contribution in [3.63, 3.8) is 0 Å². The molecule has 0 heterocycles. The molecule has 1 aliphatic carbocycles. The van der Waals surface area contributed by atoms with Crippen LogP contribution in [0.5, 0.6) is 0 Å². The number of hydrogen-bond acceptors (Lipinski definition) is 2. The average molecular weight is 233 g/mol. The maximum absolute atomic E-state index is 11.6. The minimum atomic E-state index is -0.927. The number of rotatable bonds is 5. The van der Waals surface area contributed by atoms with E-state index in [1.54, 1.807) is 6.92 Å². The standard InChI is InChI=1S/C14H19NO2/c1-14(13(16)17,12-6-4-3-5-7-12)15(2)10-11-8-9-11/h3-7,11H,8-10H2,1-2H3,(H,16,17). The Hall–Kier alpha value is -1.35. The third-order valence-electron chi connectivity index (χ3n) is 3.74. The maximum atomic E-state index is 11.6. The number of carbonyl (C=O) groups is 1. The zero-order valence-electron chi connectivity index (χ0n) is 10.4. The fourth-order valence-electron chi connectivity index (χ4n) is 2.14. The van der Waals surface area contributed by atoms with Gasteiger partial charge in [0.1, 0.15) is 5.54 Å². The van der Waals surface area contributed by atoms with Crippen molar-refractivity contribution in [2.75, 3.05) is 13.6 Å². The highest BCUT2D eigenvalue weighted by molar-refractivity contribution is 5.80. The van der Waals surface area contributed by atoms with Crippen LogP contribution in [0.1, 0.15) is 25.3 Å². The predicted molar refractivity (Wildman–Crippen MR) is 66.8 cm³/mol. The molecule has 17 heavy (non-hydrogen) atoms. The summed E-state index contributed by atoms with van der Waals surface area (Å²) in [6, 6.07) is 9.46. The monoisotopic (exact) mass is 233 g/mol. The Morgan fingerprint density at radius 2 is 2.00 bits per heavy atom. The highest BCUT2D eigenvalue weighted by Crippen LogP contribution is 2.34. The van der Waals surface area contributed by atoms with E-state index in [2.05, 4.69) is 0 Å². The Kier molecular flexibility index (Phi) is 3.20. The van der Waals surface area contributed by atoms with E-state index in [0.29, 0.717) is 5.92 Å². The number of likely N-dealkylation sites (N-methyl/N-ethyl adjacent to an activating group) is 1. The Morgan fingerprint density at radius 1 is 1.41 bits per heavy atom. The molecule has 3 nitrogen and oxygen atoms in total. The van der Waals surface area contributed by atoms with Crippen LogP contribution < -0.4 is 0 Å².